The Morgan fingerprint density at radius 3 is 1.97 bits per heavy atom. The summed E-state index contributed by atoms with van der Waals surface area (Å²) >= 11 is 0. The van der Waals surface area contributed by atoms with Gasteiger partial charge in [0.25, 0.3) is 0 Å². The van der Waals surface area contributed by atoms with Gasteiger partial charge < -0.3 is 25.8 Å². The number of carboxylic acids is 1. The monoisotopic (exact) mass is 413 g/mol. The zero-order valence-electron chi connectivity index (χ0n) is 16.2. The molecule has 4 N–H and O–H groups in total. The van der Waals surface area contributed by atoms with Gasteiger partial charge in [-0.1, -0.05) is 60.7 Å². The number of carbonyl (C=O) groups is 4. The van der Waals surface area contributed by atoms with Crippen LogP contribution in [0.2, 0.25) is 0 Å². The van der Waals surface area contributed by atoms with Crippen LogP contribution in [-0.2, 0) is 32.1 Å². The number of hydrogen-bond acceptors (Lipinski definition) is 5. The normalized spacial score (nSPS) is 11.1. The average molecular weight is 413 g/mol. The number of rotatable bonds is 10. The molecule has 0 unspecified atom stereocenters. The fourth-order valence-electron chi connectivity index (χ4n) is 2.46. The Kier molecular flexibility index (Phi) is 8.85. The van der Waals surface area contributed by atoms with Crippen molar-refractivity contribution >= 4 is 23.9 Å². The highest BCUT2D eigenvalue weighted by Gasteiger charge is 2.20. The molecule has 9 heteroatoms. The Balaban J connectivity index is 1.67. The van der Waals surface area contributed by atoms with Crippen molar-refractivity contribution in [3.8, 4) is 0 Å². The molecule has 0 heterocycles. The van der Waals surface area contributed by atoms with Crippen LogP contribution in [0.15, 0.2) is 60.7 Å². The maximum Gasteiger partial charge on any atom is 0.407 e. The summed E-state index contributed by atoms with van der Waals surface area (Å²) in [4.78, 5) is 46.7. The van der Waals surface area contributed by atoms with Gasteiger partial charge in [-0.05, 0) is 11.1 Å². The van der Waals surface area contributed by atoms with Crippen LogP contribution >= 0.6 is 0 Å². The summed E-state index contributed by atoms with van der Waals surface area (Å²) in [5.41, 5.74) is 1.56. The van der Waals surface area contributed by atoms with Gasteiger partial charge in [0, 0.05) is 6.42 Å². The maximum atomic E-state index is 11.9. The Labute approximate surface area is 173 Å². The molecule has 0 aromatic heterocycles. The molecular formula is C21H23N3O6. The van der Waals surface area contributed by atoms with E-state index in [0.717, 1.165) is 11.1 Å². The lowest BCUT2D eigenvalue weighted by Gasteiger charge is -2.15. The first-order valence-corrected chi connectivity index (χ1v) is 9.21. The molecule has 0 aliphatic rings. The second-order valence-electron chi connectivity index (χ2n) is 6.34. The number of aliphatic carboxylic acids is 1. The summed E-state index contributed by atoms with van der Waals surface area (Å²) in [5.74, 6) is -2.45. The largest absolute Gasteiger partial charge is 0.480 e. The summed E-state index contributed by atoms with van der Waals surface area (Å²) in [6.45, 7) is -0.736. The molecule has 0 saturated carbocycles. The summed E-state index contributed by atoms with van der Waals surface area (Å²) in [6, 6.07) is 16.8. The van der Waals surface area contributed by atoms with E-state index in [1.807, 2.05) is 18.2 Å². The third-order valence-corrected chi connectivity index (χ3v) is 3.97. The van der Waals surface area contributed by atoms with E-state index >= 15 is 0 Å². The molecule has 1 atom stereocenters. The Morgan fingerprint density at radius 1 is 0.800 bits per heavy atom. The van der Waals surface area contributed by atoms with Crippen LogP contribution in [0.5, 0.6) is 0 Å². The first-order chi connectivity index (χ1) is 14.4. The number of carboxylic acid groups (broad SMARTS) is 1. The molecule has 2 aromatic carbocycles. The van der Waals surface area contributed by atoms with Crippen molar-refractivity contribution in [2.24, 2.45) is 0 Å². The predicted molar refractivity (Wildman–Crippen MR) is 107 cm³/mol. The first kappa shape index (κ1) is 22.4. The van der Waals surface area contributed by atoms with Crippen LogP contribution in [0.1, 0.15) is 11.1 Å². The van der Waals surface area contributed by atoms with Crippen molar-refractivity contribution in [1.82, 2.24) is 16.0 Å². The van der Waals surface area contributed by atoms with Gasteiger partial charge in [-0.3, -0.25) is 9.59 Å². The van der Waals surface area contributed by atoms with Crippen molar-refractivity contribution < 1.29 is 29.0 Å². The van der Waals surface area contributed by atoms with Gasteiger partial charge in [-0.15, -0.1) is 0 Å². The molecule has 9 nitrogen and oxygen atoms in total. The number of hydrogen-bond donors (Lipinski definition) is 4. The van der Waals surface area contributed by atoms with Crippen molar-refractivity contribution in [2.45, 2.75) is 19.1 Å². The van der Waals surface area contributed by atoms with Crippen LogP contribution in [0.4, 0.5) is 4.79 Å². The van der Waals surface area contributed by atoms with Crippen LogP contribution in [-0.4, -0.2) is 48.1 Å². The zero-order chi connectivity index (χ0) is 21.8. The fraction of sp³-hybridized carbons (Fsp3) is 0.238. The molecule has 3 amide bonds. The molecule has 0 fully saturated rings. The van der Waals surface area contributed by atoms with E-state index < -0.39 is 36.5 Å². The van der Waals surface area contributed by atoms with Crippen LogP contribution in [0.25, 0.3) is 0 Å². The van der Waals surface area contributed by atoms with Gasteiger partial charge in [-0.25, -0.2) is 9.59 Å². The molecule has 0 aliphatic carbocycles. The third kappa shape index (κ3) is 8.42. The summed E-state index contributed by atoms with van der Waals surface area (Å²) < 4.78 is 4.97. The van der Waals surface area contributed by atoms with Crippen LogP contribution < -0.4 is 16.0 Å². The van der Waals surface area contributed by atoms with Crippen LogP contribution in [0, 0.1) is 0 Å². The quantitative estimate of drug-likeness (QED) is 0.456. The Hall–Kier alpha value is -3.88. The number of benzene rings is 2. The summed E-state index contributed by atoms with van der Waals surface area (Å²) in [5, 5.41) is 16.2. The second kappa shape index (κ2) is 11.8. The van der Waals surface area contributed by atoms with E-state index in [2.05, 4.69) is 16.0 Å². The highest BCUT2D eigenvalue weighted by atomic mass is 16.5. The summed E-state index contributed by atoms with van der Waals surface area (Å²) in [6.07, 6.45) is -0.655. The standard InChI is InChI=1S/C21H23N3O6/c25-18(12-23-21(29)30-14-16-9-5-2-6-10-16)22-13-19(26)24-17(20(27)28)11-15-7-3-1-4-8-15/h1-10,17H,11-14H2,(H,22,25)(H,23,29)(H,24,26)(H,27,28)/t17-/m1/s1. The van der Waals surface area contributed by atoms with Gasteiger partial charge >= 0.3 is 12.1 Å². The van der Waals surface area contributed by atoms with Gasteiger partial charge in [0.1, 0.15) is 19.2 Å². The second-order valence-corrected chi connectivity index (χ2v) is 6.34. The fourth-order valence-corrected chi connectivity index (χ4v) is 2.46. The minimum Gasteiger partial charge on any atom is -0.480 e. The van der Waals surface area contributed by atoms with Gasteiger partial charge in [-0.2, -0.15) is 0 Å². The zero-order valence-corrected chi connectivity index (χ0v) is 16.2. The molecule has 0 bridgehead atoms. The van der Waals surface area contributed by atoms with E-state index in [-0.39, 0.29) is 19.6 Å². The van der Waals surface area contributed by atoms with Gasteiger partial charge in [0.05, 0.1) is 6.54 Å². The van der Waals surface area contributed by atoms with Crippen molar-refractivity contribution in [1.29, 1.82) is 0 Å². The van der Waals surface area contributed by atoms with Gasteiger partial charge in [0.2, 0.25) is 11.8 Å². The number of amides is 3. The summed E-state index contributed by atoms with van der Waals surface area (Å²) in [7, 11) is 0. The average Bonchev–Trinajstić information content (AvgIpc) is 2.75. The molecule has 2 aromatic rings. The molecular weight excluding hydrogens is 390 g/mol. The predicted octanol–water partition coefficient (Wildman–Crippen LogP) is 0.841. The number of carbonyl (C=O) groups excluding carboxylic acids is 3. The molecule has 0 saturated heterocycles. The van der Waals surface area contributed by atoms with Crippen molar-refractivity contribution in [3.05, 3.63) is 71.8 Å². The lowest BCUT2D eigenvalue weighted by atomic mass is 10.1. The molecule has 2 rings (SSSR count). The topological polar surface area (TPSA) is 134 Å². The highest BCUT2D eigenvalue weighted by molar-refractivity contribution is 5.89. The van der Waals surface area contributed by atoms with E-state index in [4.69, 9.17) is 4.74 Å². The third-order valence-electron chi connectivity index (χ3n) is 3.97. The molecule has 158 valence electrons. The van der Waals surface area contributed by atoms with Crippen molar-refractivity contribution in [3.63, 3.8) is 0 Å². The number of nitrogens with one attached hydrogen (secondary N) is 3. The minimum atomic E-state index is -1.18. The number of ether oxygens (including phenoxy) is 1. The van der Waals surface area contributed by atoms with Gasteiger partial charge in [0.15, 0.2) is 0 Å². The minimum absolute atomic E-state index is 0.0642. The maximum absolute atomic E-state index is 11.9. The SMILES string of the molecule is O=C(CNC(=O)OCc1ccccc1)NCC(=O)N[C@H](Cc1ccccc1)C(=O)O. The van der Waals surface area contributed by atoms with E-state index in [9.17, 15) is 24.3 Å². The Bertz CT molecular complexity index is 858. The van der Waals surface area contributed by atoms with Crippen LogP contribution in [0.3, 0.4) is 0 Å². The molecule has 30 heavy (non-hydrogen) atoms. The van der Waals surface area contributed by atoms with Crippen molar-refractivity contribution in [2.75, 3.05) is 13.1 Å². The smallest absolute Gasteiger partial charge is 0.407 e. The lowest BCUT2D eigenvalue weighted by molar-refractivity contribution is -0.141. The lowest BCUT2D eigenvalue weighted by Crippen LogP contribution is -2.47. The molecule has 0 spiro atoms. The molecule has 0 aliphatic heterocycles. The first-order valence-electron chi connectivity index (χ1n) is 9.21. The highest BCUT2D eigenvalue weighted by Crippen LogP contribution is 2.03. The Morgan fingerprint density at radius 2 is 1.37 bits per heavy atom. The van der Waals surface area contributed by atoms with E-state index in [1.54, 1.807) is 42.5 Å². The van der Waals surface area contributed by atoms with E-state index in [0.29, 0.717) is 0 Å². The van der Waals surface area contributed by atoms with E-state index in [1.165, 1.54) is 0 Å². The number of alkyl carbamates (subject to hydrolysis) is 1. The molecule has 0 radical (unpaired) electrons.